The van der Waals surface area contributed by atoms with Crippen LogP contribution in [0.3, 0.4) is 0 Å². The summed E-state index contributed by atoms with van der Waals surface area (Å²) in [6.07, 6.45) is 9.45. The predicted octanol–water partition coefficient (Wildman–Crippen LogP) is 0.658. The second-order valence-corrected chi connectivity index (χ2v) is 10.6. The Balaban J connectivity index is 1.30. The normalized spacial score (nSPS) is 14.8. The maximum absolute atomic E-state index is 13.1. The van der Waals surface area contributed by atoms with Gasteiger partial charge in [0.1, 0.15) is 11.5 Å². The van der Waals surface area contributed by atoms with Crippen molar-refractivity contribution in [2.24, 2.45) is 5.92 Å². The van der Waals surface area contributed by atoms with Gasteiger partial charge in [0, 0.05) is 63.6 Å². The van der Waals surface area contributed by atoms with Gasteiger partial charge in [0.25, 0.3) is 0 Å². The largest absolute Gasteiger partial charge is 0.338 e. The van der Waals surface area contributed by atoms with Gasteiger partial charge in [-0.05, 0) is 37.0 Å². The van der Waals surface area contributed by atoms with Crippen molar-refractivity contribution in [3.8, 4) is 11.8 Å². The number of aromatic nitrogens is 5. The Morgan fingerprint density at radius 3 is 2.34 bits per heavy atom. The average molecular weight is 537 g/mol. The monoisotopic (exact) mass is 536 g/mol. The van der Waals surface area contributed by atoms with E-state index in [1.807, 2.05) is 23.1 Å². The fraction of sp³-hybridized carbons (Fsp3) is 0.360. The van der Waals surface area contributed by atoms with Crippen LogP contribution in [0.2, 0.25) is 0 Å². The van der Waals surface area contributed by atoms with E-state index >= 15 is 0 Å². The molecule has 0 aromatic carbocycles. The van der Waals surface area contributed by atoms with Crippen LogP contribution >= 0.6 is 0 Å². The van der Waals surface area contributed by atoms with E-state index in [4.69, 9.17) is 5.21 Å². The van der Waals surface area contributed by atoms with Gasteiger partial charge in [0.15, 0.2) is 0 Å². The molecule has 198 valence electrons. The Morgan fingerprint density at radius 1 is 0.974 bits per heavy atom. The van der Waals surface area contributed by atoms with Gasteiger partial charge in [-0.15, -0.1) is 0 Å². The topological polar surface area (TPSA) is 154 Å². The van der Waals surface area contributed by atoms with E-state index in [-0.39, 0.29) is 19.5 Å². The summed E-state index contributed by atoms with van der Waals surface area (Å²) in [6.45, 7) is 1.28. The zero-order valence-corrected chi connectivity index (χ0v) is 21.5. The Bertz CT molecular complexity index is 1360. The third-order valence-corrected chi connectivity index (χ3v) is 7.99. The third-order valence-electron chi connectivity index (χ3n) is 6.02. The number of hydrogen-bond acceptors (Lipinski definition) is 10. The molecule has 13 heteroatoms. The van der Waals surface area contributed by atoms with Crippen molar-refractivity contribution in [1.82, 2.24) is 34.7 Å². The molecule has 1 amide bonds. The fourth-order valence-corrected chi connectivity index (χ4v) is 5.75. The number of nitrogens with one attached hydrogen (secondary N) is 1. The van der Waals surface area contributed by atoms with Gasteiger partial charge in [-0.25, -0.2) is 38.8 Å². The van der Waals surface area contributed by atoms with E-state index in [1.54, 1.807) is 42.5 Å². The number of carbonyl (C=O) groups excluding carboxylic acids is 1. The summed E-state index contributed by atoms with van der Waals surface area (Å²) >= 11 is 0. The minimum Gasteiger partial charge on any atom is -0.338 e. The van der Waals surface area contributed by atoms with Crippen LogP contribution in [0, 0.1) is 17.8 Å². The van der Waals surface area contributed by atoms with E-state index in [1.165, 1.54) is 4.31 Å². The van der Waals surface area contributed by atoms with Gasteiger partial charge < -0.3 is 4.90 Å². The van der Waals surface area contributed by atoms with Crippen LogP contribution in [-0.2, 0) is 21.2 Å². The minimum atomic E-state index is -3.74. The number of pyridine rings is 1. The van der Waals surface area contributed by atoms with Crippen LogP contribution in [0.15, 0.2) is 55.2 Å². The molecule has 3 aromatic heterocycles. The standard InChI is InChI=1S/C25H28N8O4S/c34-24(31-35)21(5-3-7-23-27-11-4-12-28-23)19-38(36,37)33-15-13-32(14-16-33)25-29-17-20(18-30-25)8-9-22-6-1-2-10-26-22/h1-2,4,6,10-12,17-18,21,35H,3,5,7,13-16,19H2,(H,31,34)/t21-/m1/s1. The Hall–Kier alpha value is -3.99. The number of rotatable bonds is 9. The fourth-order valence-electron chi connectivity index (χ4n) is 3.99. The number of piperazine rings is 1. The van der Waals surface area contributed by atoms with Crippen molar-refractivity contribution in [1.29, 1.82) is 0 Å². The number of hydroxylamine groups is 1. The first kappa shape index (κ1) is 27.1. The summed E-state index contributed by atoms with van der Waals surface area (Å²) in [7, 11) is -3.74. The van der Waals surface area contributed by atoms with Gasteiger partial charge in [-0.3, -0.25) is 10.0 Å². The summed E-state index contributed by atoms with van der Waals surface area (Å²) in [4.78, 5) is 35.3. The first-order valence-corrected chi connectivity index (χ1v) is 13.7. The lowest BCUT2D eigenvalue weighted by Gasteiger charge is -2.34. The van der Waals surface area contributed by atoms with Crippen LogP contribution in [-0.4, -0.2) is 80.7 Å². The molecule has 1 fully saturated rings. The van der Waals surface area contributed by atoms with Crippen molar-refractivity contribution in [3.63, 3.8) is 0 Å². The second kappa shape index (κ2) is 13.0. The van der Waals surface area contributed by atoms with Crippen LogP contribution < -0.4 is 10.4 Å². The van der Waals surface area contributed by atoms with E-state index < -0.39 is 27.6 Å². The summed E-state index contributed by atoms with van der Waals surface area (Å²) in [5.74, 6) is 5.02. The lowest BCUT2D eigenvalue weighted by Crippen LogP contribution is -2.51. The number of nitrogens with zero attached hydrogens (tertiary/aromatic N) is 7. The van der Waals surface area contributed by atoms with E-state index in [0.717, 1.165) is 0 Å². The van der Waals surface area contributed by atoms with Gasteiger partial charge in [0.05, 0.1) is 17.2 Å². The van der Waals surface area contributed by atoms with Crippen molar-refractivity contribution in [2.75, 3.05) is 36.8 Å². The molecule has 0 radical (unpaired) electrons. The molecule has 0 aliphatic carbocycles. The van der Waals surface area contributed by atoms with Crippen molar-refractivity contribution in [3.05, 3.63) is 72.3 Å². The molecule has 0 spiro atoms. The van der Waals surface area contributed by atoms with Crippen molar-refractivity contribution in [2.45, 2.75) is 19.3 Å². The van der Waals surface area contributed by atoms with Gasteiger partial charge in [-0.2, -0.15) is 4.31 Å². The van der Waals surface area contributed by atoms with Crippen LogP contribution in [0.1, 0.15) is 29.9 Å². The molecule has 4 rings (SSSR count). The highest BCUT2D eigenvalue weighted by atomic mass is 32.2. The molecule has 1 atom stereocenters. The molecule has 1 saturated heterocycles. The third kappa shape index (κ3) is 7.51. The number of anilines is 1. The molecule has 0 bridgehead atoms. The van der Waals surface area contributed by atoms with E-state index in [9.17, 15) is 13.2 Å². The number of aryl methyl sites for hydroxylation is 1. The zero-order valence-electron chi connectivity index (χ0n) is 20.6. The summed E-state index contributed by atoms with van der Waals surface area (Å²) in [6, 6.07) is 7.20. The van der Waals surface area contributed by atoms with Gasteiger partial charge in [-0.1, -0.05) is 12.0 Å². The Morgan fingerprint density at radius 2 is 1.68 bits per heavy atom. The summed E-state index contributed by atoms with van der Waals surface area (Å²) in [5.41, 5.74) is 2.90. The molecule has 0 unspecified atom stereocenters. The predicted molar refractivity (Wildman–Crippen MR) is 138 cm³/mol. The SMILES string of the molecule is O=C(NO)[C@H](CCCc1ncccn1)CS(=O)(=O)N1CCN(c2ncc(C#Cc3ccccn3)cn2)CC1. The highest BCUT2D eigenvalue weighted by Crippen LogP contribution is 2.18. The lowest BCUT2D eigenvalue weighted by molar-refractivity contribution is -0.132. The molecule has 1 aliphatic rings. The Labute approximate surface area is 221 Å². The summed E-state index contributed by atoms with van der Waals surface area (Å²) < 4.78 is 27.6. The highest BCUT2D eigenvalue weighted by Gasteiger charge is 2.32. The molecule has 12 nitrogen and oxygen atoms in total. The molecule has 38 heavy (non-hydrogen) atoms. The number of sulfonamides is 1. The smallest absolute Gasteiger partial charge is 0.247 e. The van der Waals surface area contributed by atoms with Crippen LogP contribution in [0.4, 0.5) is 5.95 Å². The highest BCUT2D eigenvalue weighted by molar-refractivity contribution is 7.89. The molecule has 3 aromatic rings. The molecule has 2 N–H and O–H groups in total. The van der Waals surface area contributed by atoms with Gasteiger partial charge in [0.2, 0.25) is 21.9 Å². The van der Waals surface area contributed by atoms with Crippen LogP contribution in [0.25, 0.3) is 0 Å². The molecule has 0 saturated carbocycles. The molecule has 1 aliphatic heterocycles. The quantitative estimate of drug-likeness (QED) is 0.226. The Kier molecular flexibility index (Phi) is 9.26. The van der Waals surface area contributed by atoms with Crippen molar-refractivity contribution < 1.29 is 18.4 Å². The average Bonchev–Trinajstić information content (AvgIpc) is 2.96. The number of hydrogen-bond donors (Lipinski definition) is 2. The molecule has 4 heterocycles. The first-order chi connectivity index (χ1) is 18.4. The zero-order chi connectivity index (χ0) is 26.8. The van der Waals surface area contributed by atoms with E-state index in [0.29, 0.717) is 49.0 Å². The summed E-state index contributed by atoms with van der Waals surface area (Å²) in [5, 5.41) is 9.14. The molecular weight excluding hydrogens is 508 g/mol. The lowest BCUT2D eigenvalue weighted by atomic mass is 10.0. The maximum Gasteiger partial charge on any atom is 0.247 e. The first-order valence-electron chi connectivity index (χ1n) is 12.1. The van der Waals surface area contributed by atoms with Crippen molar-refractivity contribution >= 4 is 21.9 Å². The second-order valence-electron chi connectivity index (χ2n) is 8.63. The maximum atomic E-state index is 13.1. The van der Waals surface area contributed by atoms with E-state index in [2.05, 4.69) is 36.8 Å². The number of carbonyl (C=O) groups is 1. The van der Waals surface area contributed by atoms with Gasteiger partial charge >= 0.3 is 0 Å². The minimum absolute atomic E-state index is 0.234. The molecular formula is C25H28N8O4S. The van der Waals surface area contributed by atoms with Crippen LogP contribution in [0.5, 0.6) is 0 Å². The number of amides is 1.